The number of rotatable bonds is 4. The highest BCUT2D eigenvalue weighted by atomic mass is 35.5. The van der Waals surface area contributed by atoms with Crippen LogP contribution in [0.4, 0.5) is 13.2 Å². The predicted octanol–water partition coefficient (Wildman–Crippen LogP) is 3.14. The molecule has 1 saturated heterocycles. The van der Waals surface area contributed by atoms with Crippen LogP contribution in [0, 0.1) is 5.92 Å². The lowest BCUT2D eigenvalue weighted by molar-refractivity contribution is -0.134. The Morgan fingerprint density at radius 3 is 2.80 bits per heavy atom. The molecule has 3 nitrogen and oxygen atoms in total. The summed E-state index contributed by atoms with van der Waals surface area (Å²) in [5, 5.41) is 0.542. The van der Waals surface area contributed by atoms with Gasteiger partial charge in [0.05, 0.1) is 12.7 Å². The molecule has 1 aromatic rings. The third kappa shape index (κ3) is 4.87. The topological polar surface area (TPSA) is 42.1 Å². The summed E-state index contributed by atoms with van der Waals surface area (Å²) >= 11 is 0.746. The Balaban J connectivity index is 0.00000200. The van der Waals surface area contributed by atoms with Gasteiger partial charge in [-0.3, -0.25) is 4.90 Å². The van der Waals surface area contributed by atoms with Crippen molar-refractivity contribution >= 4 is 23.7 Å². The third-order valence-electron chi connectivity index (χ3n) is 3.37. The van der Waals surface area contributed by atoms with E-state index >= 15 is 0 Å². The van der Waals surface area contributed by atoms with Gasteiger partial charge in [-0.2, -0.15) is 13.2 Å². The number of alkyl halides is 3. The van der Waals surface area contributed by atoms with Crippen molar-refractivity contribution < 1.29 is 13.2 Å². The third-order valence-corrected chi connectivity index (χ3v) is 4.40. The molecule has 1 aliphatic heterocycles. The normalized spacial score (nSPS) is 20.7. The van der Waals surface area contributed by atoms with Crippen LogP contribution in [0.3, 0.4) is 0 Å². The van der Waals surface area contributed by atoms with Crippen LogP contribution in [0.25, 0.3) is 0 Å². The average Bonchev–Trinajstić information content (AvgIpc) is 2.78. The van der Waals surface area contributed by atoms with E-state index in [9.17, 15) is 13.2 Å². The lowest BCUT2D eigenvalue weighted by Crippen LogP contribution is -2.35. The molecule has 1 atom stereocenters. The largest absolute Gasteiger partial charge is 0.427 e. The minimum absolute atomic E-state index is 0. The fourth-order valence-electron chi connectivity index (χ4n) is 2.47. The molecule has 1 fully saturated rings. The van der Waals surface area contributed by atoms with E-state index in [0.29, 0.717) is 24.0 Å². The van der Waals surface area contributed by atoms with Gasteiger partial charge in [0.25, 0.3) is 0 Å². The number of likely N-dealkylation sites (tertiary alicyclic amines) is 1. The Bertz CT molecular complexity index is 409. The van der Waals surface area contributed by atoms with Crippen LogP contribution in [0.5, 0.6) is 0 Å². The number of hydrogen-bond acceptors (Lipinski definition) is 4. The molecule has 1 aliphatic rings. The molecular formula is C12H19ClF3N3S. The first-order chi connectivity index (χ1) is 8.99. The van der Waals surface area contributed by atoms with Gasteiger partial charge in [0.15, 0.2) is 0 Å². The monoisotopic (exact) mass is 329 g/mol. The molecule has 116 valence electrons. The summed E-state index contributed by atoms with van der Waals surface area (Å²) in [7, 11) is 0. The zero-order chi connectivity index (χ0) is 13.9. The summed E-state index contributed by atoms with van der Waals surface area (Å²) in [6, 6.07) is 0. The maximum Gasteiger partial charge on any atom is 0.427 e. The minimum Gasteiger partial charge on any atom is -0.330 e. The highest BCUT2D eigenvalue weighted by Gasteiger charge is 2.33. The van der Waals surface area contributed by atoms with E-state index in [4.69, 9.17) is 5.73 Å². The summed E-state index contributed by atoms with van der Waals surface area (Å²) in [5.74, 6) is 0.570. The number of thiazole rings is 1. The standard InChI is InChI=1S/C12H18F3N3S.ClH/c13-12(14,15)10-6-17-11(19-10)8-18-5-1-2-9(7-18)3-4-16;/h6,9H,1-5,7-8,16H2;1H. The molecule has 0 amide bonds. The van der Waals surface area contributed by atoms with Gasteiger partial charge in [-0.05, 0) is 38.3 Å². The number of aromatic nitrogens is 1. The molecule has 0 bridgehead atoms. The number of nitrogens with zero attached hydrogens (tertiary/aromatic N) is 2. The van der Waals surface area contributed by atoms with Gasteiger partial charge in [-0.25, -0.2) is 4.98 Å². The first-order valence-electron chi connectivity index (χ1n) is 6.43. The average molecular weight is 330 g/mol. The molecule has 0 aliphatic carbocycles. The first kappa shape index (κ1) is 17.7. The number of halogens is 4. The van der Waals surface area contributed by atoms with Crippen LogP contribution in [0.15, 0.2) is 6.20 Å². The van der Waals surface area contributed by atoms with E-state index in [-0.39, 0.29) is 12.4 Å². The summed E-state index contributed by atoms with van der Waals surface area (Å²) in [5.41, 5.74) is 5.55. The Hall–Kier alpha value is -0.370. The van der Waals surface area contributed by atoms with Crippen molar-refractivity contribution in [1.29, 1.82) is 0 Å². The molecule has 0 spiro atoms. The molecule has 20 heavy (non-hydrogen) atoms. The second-order valence-corrected chi connectivity index (χ2v) is 6.05. The molecule has 0 radical (unpaired) electrons. The Kier molecular flexibility index (Phi) is 6.71. The van der Waals surface area contributed by atoms with Crippen LogP contribution >= 0.6 is 23.7 Å². The second kappa shape index (κ2) is 7.59. The van der Waals surface area contributed by atoms with Gasteiger partial charge >= 0.3 is 6.18 Å². The molecule has 8 heteroatoms. The number of nitrogens with two attached hydrogens (primary N) is 1. The zero-order valence-electron chi connectivity index (χ0n) is 11.0. The van der Waals surface area contributed by atoms with Gasteiger partial charge in [-0.15, -0.1) is 23.7 Å². The highest BCUT2D eigenvalue weighted by molar-refractivity contribution is 7.11. The van der Waals surface area contributed by atoms with Crippen molar-refractivity contribution in [3.05, 3.63) is 16.1 Å². The Morgan fingerprint density at radius 1 is 1.45 bits per heavy atom. The van der Waals surface area contributed by atoms with Crippen LogP contribution in [0.2, 0.25) is 0 Å². The SMILES string of the molecule is Cl.NCCC1CCCN(Cc2ncc(C(F)(F)F)s2)C1. The lowest BCUT2D eigenvalue weighted by atomic mass is 9.95. The molecule has 2 rings (SSSR count). The number of piperidine rings is 1. The smallest absolute Gasteiger partial charge is 0.330 e. The van der Waals surface area contributed by atoms with Crippen LogP contribution in [-0.2, 0) is 12.7 Å². The van der Waals surface area contributed by atoms with E-state index in [0.717, 1.165) is 43.5 Å². The van der Waals surface area contributed by atoms with Gasteiger partial charge in [-0.1, -0.05) is 0 Å². The van der Waals surface area contributed by atoms with Crippen molar-refractivity contribution in [1.82, 2.24) is 9.88 Å². The molecule has 1 unspecified atom stereocenters. The van der Waals surface area contributed by atoms with Crippen molar-refractivity contribution in [2.75, 3.05) is 19.6 Å². The molecule has 0 aromatic carbocycles. The predicted molar refractivity (Wildman–Crippen MR) is 76.0 cm³/mol. The van der Waals surface area contributed by atoms with Crippen LogP contribution in [-0.4, -0.2) is 29.5 Å². The van der Waals surface area contributed by atoms with Gasteiger partial charge in [0.1, 0.15) is 9.88 Å². The quantitative estimate of drug-likeness (QED) is 0.922. The van der Waals surface area contributed by atoms with Crippen molar-refractivity contribution in [3.8, 4) is 0 Å². The van der Waals surface area contributed by atoms with Crippen LogP contribution in [0.1, 0.15) is 29.1 Å². The summed E-state index contributed by atoms with van der Waals surface area (Å²) in [4.78, 5) is 5.45. The minimum atomic E-state index is -4.28. The maximum atomic E-state index is 12.5. The van der Waals surface area contributed by atoms with Gasteiger partial charge in [0.2, 0.25) is 0 Å². The number of hydrogen-bond donors (Lipinski definition) is 1. The zero-order valence-corrected chi connectivity index (χ0v) is 12.7. The second-order valence-electron chi connectivity index (χ2n) is 4.94. The van der Waals surface area contributed by atoms with E-state index < -0.39 is 11.1 Å². The first-order valence-corrected chi connectivity index (χ1v) is 7.25. The molecule has 2 N–H and O–H groups in total. The summed E-state index contributed by atoms with van der Waals surface area (Å²) < 4.78 is 37.5. The molecule has 2 heterocycles. The summed E-state index contributed by atoms with van der Waals surface area (Å²) in [6.07, 6.45) is -0.106. The maximum absolute atomic E-state index is 12.5. The molecular weight excluding hydrogens is 311 g/mol. The van der Waals surface area contributed by atoms with E-state index in [1.54, 1.807) is 0 Å². The van der Waals surface area contributed by atoms with Gasteiger partial charge < -0.3 is 5.73 Å². The van der Waals surface area contributed by atoms with Crippen molar-refractivity contribution in [2.24, 2.45) is 11.7 Å². The van der Waals surface area contributed by atoms with Crippen molar-refractivity contribution in [2.45, 2.75) is 32.0 Å². The fourth-order valence-corrected chi connectivity index (χ4v) is 3.30. The fraction of sp³-hybridized carbons (Fsp3) is 0.750. The highest BCUT2D eigenvalue weighted by Crippen LogP contribution is 2.34. The Labute approximate surface area is 126 Å². The van der Waals surface area contributed by atoms with E-state index in [1.165, 1.54) is 6.42 Å². The summed E-state index contributed by atoms with van der Waals surface area (Å²) in [6.45, 7) is 3.04. The Morgan fingerprint density at radius 2 is 2.20 bits per heavy atom. The lowest BCUT2D eigenvalue weighted by Gasteiger charge is -2.31. The molecule has 1 aromatic heterocycles. The van der Waals surface area contributed by atoms with Gasteiger partial charge in [0, 0.05) is 6.54 Å². The molecule has 0 saturated carbocycles. The van der Waals surface area contributed by atoms with E-state index in [2.05, 4.69) is 9.88 Å². The van der Waals surface area contributed by atoms with Crippen LogP contribution < -0.4 is 5.73 Å². The van der Waals surface area contributed by atoms with E-state index in [1.807, 2.05) is 0 Å². The van der Waals surface area contributed by atoms with Crippen molar-refractivity contribution in [3.63, 3.8) is 0 Å².